The van der Waals surface area contributed by atoms with E-state index in [0.29, 0.717) is 0 Å². The third kappa shape index (κ3) is 2.64. The molecule has 0 bridgehead atoms. The van der Waals surface area contributed by atoms with Gasteiger partial charge in [0.1, 0.15) is 0 Å². The van der Waals surface area contributed by atoms with E-state index in [1.807, 2.05) is 0 Å². The zero-order valence-electron chi connectivity index (χ0n) is 7.46. The quantitative estimate of drug-likeness (QED) is 0.610. The van der Waals surface area contributed by atoms with Crippen molar-refractivity contribution in [1.82, 2.24) is 0 Å². The number of allylic oxidation sites excluding steroid dienone is 1. The topological polar surface area (TPSA) is 35.8 Å². The van der Waals surface area contributed by atoms with E-state index in [1.165, 1.54) is 23.7 Å². The molecular weight excluding hydrogens is 160 g/mol. The molecule has 1 heterocycles. The Morgan fingerprint density at radius 3 is 2.77 bits per heavy atom. The standard InChI is InChI=1S/C8H9N.C3H3N/c1-2-4-8-7(3-1)5-6-9-8;1-2-3-4/h1-4,9H,5-6H2;2H,1H2. The molecule has 1 aromatic rings. The van der Waals surface area contributed by atoms with Crippen molar-refractivity contribution in [2.75, 3.05) is 11.9 Å². The second-order valence-corrected chi connectivity index (χ2v) is 2.67. The van der Waals surface area contributed by atoms with Crippen molar-refractivity contribution in [2.45, 2.75) is 6.42 Å². The van der Waals surface area contributed by atoms with Crippen LogP contribution < -0.4 is 5.32 Å². The number of para-hydroxylation sites is 1. The van der Waals surface area contributed by atoms with Gasteiger partial charge in [0.05, 0.1) is 6.07 Å². The van der Waals surface area contributed by atoms with Gasteiger partial charge < -0.3 is 5.32 Å². The zero-order chi connectivity index (χ0) is 9.52. The third-order valence-corrected chi connectivity index (χ3v) is 1.82. The van der Waals surface area contributed by atoms with Gasteiger partial charge in [0, 0.05) is 18.3 Å². The highest BCUT2D eigenvalue weighted by Crippen LogP contribution is 2.19. The lowest BCUT2D eigenvalue weighted by molar-refractivity contribution is 1.11. The summed E-state index contributed by atoms with van der Waals surface area (Å²) in [5.41, 5.74) is 2.77. The first-order valence-corrected chi connectivity index (χ1v) is 4.20. The van der Waals surface area contributed by atoms with Crippen LogP contribution in [0.2, 0.25) is 0 Å². The Morgan fingerprint density at radius 2 is 2.15 bits per heavy atom. The molecule has 0 atom stereocenters. The Balaban J connectivity index is 0.000000184. The molecule has 0 unspecified atom stereocenters. The second kappa shape index (κ2) is 5.00. The molecule has 1 aromatic carbocycles. The fourth-order valence-corrected chi connectivity index (χ4v) is 1.24. The van der Waals surface area contributed by atoms with Crippen LogP contribution in [0.25, 0.3) is 0 Å². The summed E-state index contributed by atoms with van der Waals surface area (Å²) in [4.78, 5) is 0. The van der Waals surface area contributed by atoms with Crippen LogP contribution in [0.3, 0.4) is 0 Å². The molecule has 1 aliphatic heterocycles. The molecule has 2 heteroatoms. The first-order chi connectivity index (χ1) is 6.38. The number of nitriles is 1. The van der Waals surface area contributed by atoms with Crippen molar-refractivity contribution in [1.29, 1.82) is 5.26 Å². The number of benzene rings is 1. The second-order valence-electron chi connectivity index (χ2n) is 2.67. The molecule has 0 saturated carbocycles. The number of fused-ring (bicyclic) bond motifs is 1. The van der Waals surface area contributed by atoms with E-state index >= 15 is 0 Å². The predicted molar refractivity (Wildman–Crippen MR) is 54.4 cm³/mol. The van der Waals surface area contributed by atoms with Crippen LogP contribution >= 0.6 is 0 Å². The summed E-state index contributed by atoms with van der Waals surface area (Å²) in [6.45, 7) is 4.23. The van der Waals surface area contributed by atoms with Gasteiger partial charge in [-0.1, -0.05) is 24.8 Å². The molecule has 0 saturated heterocycles. The lowest BCUT2D eigenvalue weighted by Gasteiger charge is -1.94. The van der Waals surface area contributed by atoms with Gasteiger partial charge in [0.15, 0.2) is 0 Å². The Labute approximate surface area is 78.5 Å². The minimum atomic E-state index is 1.11. The highest BCUT2D eigenvalue weighted by molar-refractivity contribution is 5.54. The minimum absolute atomic E-state index is 1.11. The Bertz CT molecular complexity index is 300. The number of hydrogen-bond acceptors (Lipinski definition) is 2. The first kappa shape index (κ1) is 9.34. The monoisotopic (exact) mass is 172 g/mol. The molecule has 0 radical (unpaired) electrons. The maximum Gasteiger partial charge on any atom is 0.0905 e. The fourth-order valence-electron chi connectivity index (χ4n) is 1.24. The lowest BCUT2D eigenvalue weighted by atomic mass is 10.2. The predicted octanol–water partition coefficient (Wildman–Crippen LogP) is 2.35. The number of rotatable bonds is 0. The van der Waals surface area contributed by atoms with Crippen LogP contribution in [0.1, 0.15) is 5.56 Å². The molecule has 0 amide bonds. The number of nitrogens with zero attached hydrogens (tertiary/aromatic N) is 1. The minimum Gasteiger partial charge on any atom is -0.384 e. The average Bonchev–Trinajstić information content (AvgIpc) is 2.66. The molecule has 2 nitrogen and oxygen atoms in total. The largest absolute Gasteiger partial charge is 0.384 e. The Hall–Kier alpha value is -1.75. The first-order valence-electron chi connectivity index (χ1n) is 4.20. The van der Waals surface area contributed by atoms with Gasteiger partial charge in [-0.25, -0.2) is 0 Å². The van der Waals surface area contributed by atoms with Crippen molar-refractivity contribution in [3.63, 3.8) is 0 Å². The van der Waals surface area contributed by atoms with Gasteiger partial charge in [0.25, 0.3) is 0 Å². The highest BCUT2D eigenvalue weighted by Gasteiger charge is 2.05. The molecule has 2 rings (SSSR count). The van der Waals surface area contributed by atoms with Crippen LogP contribution in [-0.4, -0.2) is 6.54 Å². The van der Waals surface area contributed by atoms with Gasteiger partial charge in [-0.2, -0.15) is 5.26 Å². The Kier molecular flexibility index (Phi) is 3.59. The van der Waals surface area contributed by atoms with Gasteiger partial charge in [0.2, 0.25) is 0 Å². The van der Waals surface area contributed by atoms with Crippen LogP contribution in [-0.2, 0) is 6.42 Å². The SMILES string of the molecule is C=CC#N.c1ccc2c(c1)CCN2. The van der Waals surface area contributed by atoms with E-state index in [9.17, 15) is 0 Å². The van der Waals surface area contributed by atoms with Crippen LogP contribution in [0, 0.1) is 11.3 Å². The van der Waals surface area contributed by atoms with E-state index in [0.717, 1.165) is 6.54 Å². The van der Waals surface area contributed by atoms with E-state index in [1.54, 1.807) is 6.07 Å². The smallest absolute Gasteiger partial charge is 0.0905 e. The molecule has 0 fully saturated rings. The fraction of sp³-hybridized carbons (Fsp3) is 0.182. The van der Waals surface area contributed by atoms with Gasteiger partial charge >= 0.3 is 0 Å². The maximum absolute atomic E-state index is 7.51. The van der Waals surface area contributed by atoms with Gasteiger partial charge in [-0.05, 0) is 18.1 Å². The van der Waals surface area contributed by atoms with Crippen LogP contribution in [0.15, 0.2) is 36.9 Å². The van der Waals surface area contributed by atoms with Gasteiger partial charge in [-0.15, -0.1) is 0 Å². The zero-order valence-corrected chi connectivity index (χ0v) is 7.46. The van der Waals surface area contributed by atoms with E-state index < -0.39 is 0 Å². The number of anilines is 1. The Morgan fingerprint density at radius 1 is 1.46 bits per heavy atom. The molecule has 66 valence electrons. The number of hydrogen-bond donors (Lipinski definition) is 1. The van der Waals surface area contributed by atoms with E-state index in [2.05, 4.69) is 36.2 Å². The van der Waals surface area contributed by atoms with E-state index in [-0.39, 0.29) is 0 Å². The lowest BCUT2D eigenvalue weighted by Crippen LogP contribution is -1.90. The normalized spacial score (nSPS) is 11.3. The molecule has 13 heavy (non-hydrogen) atoms. The third-order valence-electron chi connectivity index (χ3n) is 1.82. The van der Waals surface area contributed by atoms with Crippen molar-refractivity contribution in [2.24, 2.45) is 0 Å². The van der Waals surface area contributed by atoms with Gasteiger partial charge in [-0.3, -0.25) is 0 Å². The van der Waals surface area contributed by atoms with Crippen molar-refractivity contribution < 1.29 is 0 Å². The highest BCUT2D eigenvalue weighted by atomic mass is 14.9. The number of nitrogens with one attached hydrogen (secondary N) is 1. The van der Waals surface area contributed by atoms with Crippen molar-refractivity contribution in [3.8, 4) is 6.07 Å². The summed E-state index contributed by atoms with van der Waals surface area (Å²) in [5, 5.41) is 10.8. The summed E-state index contributed by atoms with van der Waals surface area (Å²) in [6.07, 6.45) is 2.37. The van der Waals surface area contributed by atoms with Crippen LogP contribution in [0.5, 0.6) is 0 Å². The van der Waals surface area contributed by atoms with Crippen molar-refractivity contribution >= 4 is 5.69 Å². The summed E-state index contributed by atoms with van der Waals surface area (Å²) in [7, 11) is 0. The molecule has 0 aromatic heterocycles. The maximum atomic E-state index is 7.51. The molecule has 0 spiro atoms. The average molecular weight is 172 g/mol. The molecule has 1 N–H and O–H groups in total. The van der Waals surface area contributed by atoms with E-state index in [4.69, 9.17) is 5.26 Å². The molecule has 0 aliphatic carbocycles. The summed E-state index contributed by atoms with van der Waals surface area (Å²) in [5.74, 6) is 0. The summed E-state index contributed by atoms with van der Waals surface area (Å²) in [6, 6.07) is 10.2. The summed E-state index contributed by atoms with van der Waals surface area (Å²) >= 11 is 0. The molecular formula is C11H12N2. The van der Waals surface area contributed by atoms with Crippen LogP contribution in [0.4, 0.5) is 5.69 Å². The summed E-state index contributed by atoms with van der Waals surface area (Å²) < 4.78 is 0. The van der Waals surface area contributed by atoms with Crippen molar-refractivity contribution in [3.05, 3.63) is 42.5 Å². The molecule has 1 aliphatic rings.